The predicted octanol–water partition coefficient (Wildman–Crippen LogP) is 2.46. The number of hydrogen-bond donors (Lipinski definition) is 1. The Morgan fingerprint density at radius 1 is 1.33 bits per heavy atom. The molecule has 0 saturated carbocycles. The summed E-state index contributed by atoms with van der Waals surface area (Å²) < 4.78 is 0. The Morgan fingerprint density at radius 2 is 1.95 bits per heavy atom. The van der Waals surface area contributed by atoms with Gasteiger partial charge in [0.05, 0.1) is 11.0 Å². The van der Waals surface area contributed by atoms with Crippen LogP contribution in [0.4, 0.5) is 5.69 Å². The van der Waals surface area contributed by atoms with Gasteiger partial charge in [-0.3, -0.25) is 20.2 Å². The number of carbonyl (C=O) groups is 1. The van der Waals surface area contributed by atoms with Crippen molar-refractivity contribution in [3.05, 3.63) is 39.9 Å². The average molecular weight is 291 g/mol. The number of nitrogens with zero attached hydrogens (tertiary/aromatic N) is 2. The molecular weight excluding hydrogens is 270 g/mol. The standard InChI is InChI=1S/C15H21N3O3/c1-4-9-17-14(16-13(10(2)3)15(17)19)11-5-7-12(8-6-11)18(20)21/h5-8,10,13-14,16H,4,9H2,1-3H3. The Bertz CT molecular complexity index is 527. The minimum atomic E-state index is -0.419. The highest BCUT2D eigenvalue weighted by Crippen LogP contribution is 2.29. The Balaban J connectivity index is 2.27. The molecule has 0 radical (unpaired) electrons. The zero-order valence-corrected chi connectivity index (χ0v) is 12.6. The van der Waals surface area contributed by atoms with Gasteiger partial charge in [-0.25, -0.2) is 0 Å². The monoisotopic (exact) mass is 291 g/mol. The number of rotatable bonds is 5. The van der Waals surface area contributed by atoms with Crippen LogP contribution in [0, 0.1) is 16.0 Å². The van der Waals surface area contributed by atoms with E-state index in [1.54, 1.807) is 12.1 Å². The van der Waals surface area contributed by atoms with Crippen molar-refractivity contribution in [2.75, 3.05) is 6.54 Å². The summed E-state index contributed by atoms with van der Waals surface area (Å²) in [6.45, 7) is 6.73. The number of nitrogens with one attached hydrogen (secondary N) is 1. The molecule has 2 rings (SSSR count). The first-order chi connectivity index (χ1) is 9.95. The second-order valence-corrected chi connectivity index (χ2v) is 5.67. The van der Waals surface area contributed by atoms with Gasteiger partial charge in [0.1, 0.15) is 6.17 Å². The highest BCUT2D eigenvalue weighted by Gasteiger charge is 2.40. The van der Waals surface area contributed by atoms with Crippen molar-refractivity contribution < 1.29 is 9.72 Å². The summed E-state index contributed by atoms with van der Waals surface area (Å²) in [4.78, 5) is 24.6. The second kappa shape index (κ2) is 6.22. The van der Waals surface area contributed by atoms with Crippen molar-refractivity contribution in [3.63, 3.8) is 0 Å². The molecule has 0 bridgehead atoms. The fourth-order valence-electron chi connectivity index (χ4n) is 2.65. The van der Waals surface area contributed by atoms with Crippen LogP contribution in [0.5, 0.6) is 0 Å². The van der Waals surface area contributed by atoms with Gasteiger partial charge < -0.3 is 4.90 Å². The fraction of sp³-hybridized carbons (Fsp3) is 0.533. The number of nitro benzene ring substituents is 1. The topological polar surface area (TPSA) is 75.5 Å². The quantitative estimate of drug-likeness (QED) is 0.668. The summed E-state index contributed by atoms with van der Waals surface area (Å²) in [7, 11) is 0. The van der Waals surface area contributed by atoms with Crippen molar-refractivity contribution in [3.8, 4) is 0 Å². The van der Waals surface area contributed by atoms with Gasteiger partial charge in [-0.05, 0) is 30.0 Å². The first-order valence-corrected chi connectivity index (χ1v) is 7.26. The molecule has 1 N–H and O–H groups in total. The van der Waals surface area contributed by atoms with Crippen LogP contribution in [0.25, 0.3) is 0 Å². The fourth-order valence-corrected chi connectivity index (χ4v) is 2.65. The maximum absolute atomic E-state index is 12.5. The molecule has 2 unspecified atom stereocenters. The van der Waals surface area contributed by atoms with Crippen molar-refractivity contribution in [1.82, 2.24) is 10.2 Å². The Hall–Kier alpha value is -1.95. The van der Waals surface area contributed by atoms with Crippen LogP contribution in [0.2, 0.25) is 0 Å². The van der Waals surface area contributed by atoms with Crippen molar-refractivity contribution in [2.24, 2.45) is 5.92 Å². The third-order valence-corrected chi connectivity index (χ3v) is 3.75. The second-order valence-electron chi connectivity index (χ2n) is 5.67. The van der Waals surface area contributed by atoms with E-state index in [0.29, 0.717) is 6.54 Å². The number of nitro groups is 1. The molecule has 1 aliphatic heterocycles. The molecule has 0 spiro atoms. The van der Waals surface area contributed by atoms with Crippen LogP contribution < -0.4 is 5.32 Å². The first-order valence-electron chi connectivity index (χ1n) is 7.26. The van der Waals surface area contributed by atoms with Crippen LogP contribution in [0.1, 0.15) is 38.9 Å². The summed E-state index contributed by atoms with van der Waals surface area (Å²) in [5, 5.41) is 14.1. The van der Waals surface area contributed by atoms with E-state index in [1.807, 2.05) is 25.7 Å². The number of hydrogen-bond acceptors (Lipinski definition) is 4. The highest BCUT2D eigenvalue weighted by molar-refractivity contribution is 5.84. The maximum Gasteiger partial charge on any atom is 0.269 e. The van der Waals surface area contributed by atoms with Gasteiger partial charge in [0.15, 0.2) is 0 Å². The lowest BCUT2D eigenvalue weighted by atomic mass is 10.1. The van der Waals surface area contributed by atoms with Crippen LogP contribution in [-0.4, -0.2) is 28.3 Å². The number of non-ortho nitro benzene ring substituents is 1. The van der Waals surface area contributed by atoms with E-state index in [0.717, 1.165) is 12.0 Å². The van der Waals surface area contributed by atoms with E-state index < -0.39 is 4.92 Å². The molecule has 1 heterocycles. The molecule has 2 atom stereocenters. The molecule has 6 heteroatoms. The van der Waals surface area contributed by atoms with Crippen molar-refractivity contribution in [1.29, 1.82) is 0 Å². The molecule has 1 aromatic carbocycles. The lowest BCUT2D eigenvalue weighted by Gasteiger charge is -2.23. The summed E-state index contributed by atoms with van der Waals surface area (Å²) >= 11 is 0. The lowest BCUT2D eigenvalue weighted by molar-refractivity contribution is -0.384. The van der Waals surface area contributed by atoms with E-state index in [-0.39, 0.29) is 29.7 Å². The van der Waals surface area contributed by atoms with Crippen LogP contribution in [-0.2, 0) is 4.79 Å². The summed E-state index contributed by atoms with van der Waals surface area (Å²) in [5.74, 6) is 0.315. The molecule has 1 aromatic rings. The molecule has 114 valence electrons. The minimum absolute atomic E-state index is 0.0607. The van der Waals surface area contributed by atoms with E-state index in [4.69, 9.17) is 0 Å². The smallest absolute Gasteiger partial charge is 0.269 e. The van der Waals surface area contributed by atoms with Crippen LogP contribution >= 0.6 is 0 Å². The van der Waals surface area contributed by atoms with E-state index in [2.05, 4.69) is 5.32 Å². The van der Waals surface area contributed by atoms with Crippen LogP contribution in [0.3, 0.4) is 0 Å². The van der Waals surface area contributed by atoms with E-state index in [9.17, 15) is 14.9 Å². The summed E-state index contributed by atoms with van der Waals surface area (Å²) in [5.41, 5.74) is 0.941. The molecule has 0 aromatic heterocycles. The first kappa shape index (κ1) is 15.4. The third kappa shape index (κ3) is 3.05. The van der Waals surface area contributed by atoms with Gasteiger partial charge >= 0.3 is 0 Å². The largest absolute Gasteiger partial charge is 0.322 e. The molecule has 1 aliphatic rings. The predicted molar refractivity (Wildman–Crippen MR) is 79.6 cm³/mol. The summed E-state index contributed by atoms with van der Waals surface area (Å²) in [6.07, 6.45) is 0.674. The summed E-state index contributed by atoms with van der Waals surface area (Å²) in [6, 6.07) is 6.20. The van der Waals surface area contributed by atoms with Gasteiger partial charge in [0.25, 0.3) is 5.69 Å². The number of benzene rings is 1. The van der Waals surface area contributed by atoms with Gasteiger partial charge in [-0.2, -0.15) is 0 Å². The Labute approximate surface area is 124 Å². The third-order valence-electron chi connectivity index (χ3n) is 3.75. The van der Waals surface area contributed by atoms with E-state index in [1.165, 1.54) is 12.1 Å². The van der Waals surface area contributed by atoms with Crippen molar-refractivity contribution in [2.45, 2.75) is 39.4 Å². The molecule has 21 heavy (non-hydrogen) atoms. The lowest BCUT2D eigenvalue weighted by Crippen LogP contribution is -2.34. The van der Waals surface area contributed by atoms with Gasteiger partial charge in [0.2, 0.25) is 5.91 Å². The molecule has 1 fully saturated rings. The normalized spacial score (nSPS) is 22.1. The van der Waals surface area contributed by atoms with Gasteiger partial charge in [-0.15, -0.1) is 0 Å². The molecule has 1 saturated heterocycles. The highest BCUT2D eigenvalue weighted by atomic mass is 16.6. The minimum Gasteiger partial charge on any atom is -0.322 e. The molecular formula is C15H21N3O3. The average Bonchev–Trinajstić information content (AvgIpc) is 2.77. The molecule has 0 aliphatic carbocycles. The van der Waals surface area contributed by atoms with Crippen molar-refractivity contribution >= 4 is 11.6 Å². The number of carbonyl (C=O) groups excluding carboxylic acids is 1. The van der Waals surface area contributed by atoms with Gasteiger partial charge in [-0.1, -0.05) is 20.8 Å². The Kier molecular flexibility index (Phi) is 4.57. The SMILES string of the molecule is CCCN1C(=O)C(C(C)C)NC1c1ccc([N+](=O)[O-])cc1. The zero-order valence-electron chi connectivity index (χ0n) is 12.6. The van der Waals surface area contributed by atoms with E-state index >= 15 is 0 Å². The molecule has 6 nitrogen and oxygen atoms in total. The van der Waals surface area contributed by atoms with Crippen LogP contribution in [0.15, 0.2) is 24.3 Å². The molecule has 1 amide bonds. The number of amides is 1. The zero-order chi connectivity index (χ0) is 15.6. The van der Waals surface area contributed by atoms with Gasteiger partial charge in [0, 0.05) is 18.7 Å². The maximum atomic E-state index is 12.5. The Morgan fingerprint density at radius 3 is 2.43 bits per heavy atom.